The van der Waals surface area contributed by atoms with Crippen molar-refractivity contribution >= 4 is 11.4 Å². The van der Waals surface area contributed by atoms with E-state index in [-0.39, 0.29) is 11.3 Å². The van der Waals surface area contributed by atoms with Gasteiger partial charge in [0, 0.05) is 30.9 Å². The summed E-state index contributed by atoms with van der Waals surface area (Å²) in [6.45, 7) is 7.35. The van der Waals surface area contributed by atoms with Crippen molar-refractivity contribution in [3.8, 4) is 6.07 Å². The van der Waals surface area contributed by atoms with Crippen LogP contribution in [0.2, 0.25) is 0 Å². The van der Waals surface area contributed by atoms with Gasteiger partial charge in [0.05, 0.1) is 4.92 Å². The SMILES string of the molecule is CC(C)N1CCC(CNc2ccc(C#N)c([N+](=O)[O-])c2)C1. The van der Waals surface area contributed by atoms with Crippen molar-refractivity contribution in [3.05, 3.63) is 33.9 Å². The Balaban J connectivity index is 1.97. The molecule has 1 N–H and O–H groups in total. The molecule has 0 radical (unpaired) electrons. The molecule has 1 fully saturated rings. The first-order chi connectivity index (χ1) is 10.0. The molecule has 6 nitrogen and oxygen atoms in total. The van der Waals surface area contributed by atoms with Crippen LogP contribution in [0, 0.1) is 27.4 Å². The molecule has 1 heterocycles. The van der Waals surface area contributed by atoms with Crippen molar-refractivity contribution < 1.29 is 4.92 Å². The number of rotatable bonds is 5. The summed E-state index contributed by atoms with van der Waals surface area (Å²) in [6.07, 6.45) is 1.14. The zero-order valence-corrected chi connectivity index (χ0v) is 12.4. The minimum absolute atomic E-state index is 0.0948. The van der Waals surface area contributed by atoms with Crippen molar-refractivity contribution in [1.29, 1.82) is 5.26 Å². The van der Waals surface area contributed by atoms with E-state index in [1.807, 2.05) is 6.07 Å². The van der Waals surface area contributed by atoms with Gasteiger partial charge in [-0.2, -0.15) is 5.26 Å². The van der Waals surface area contributed by atoms with Gasteiger partial charge in [-0.25, -0.2) is 0 Å². The number of benzene rings is 1. The first-order valence-corrected chi connectivity index (χ1v) is 7.17. The number of anilines is 1. The second-order valence-electron chi connectivity index (χ2n) is 5.73. The summed E-state index contributed by atoms with van der Waals surface area (Å²) in [4.78, 5) is 12.9. The molecule has 2 rings (SSSR count). The topological polar surface area (TPSA) is 82.2 Å². The Hall–Kier alpha value is -2.13. The molecule has 0 bridgehead atoms. The van der Waals surface area contributed by atoms with E-state index < -0.39 is 4.92 Å². The fourth-order valence-electron chi connectivity index (χ4n) is 2.65. The van der Waals surface area contributed by atoms with Crippen LogP contribution in [-0.4, -0.2) is 35.5 Å². The highest BCUT2D eigenvalue weighted by Gasteiger charge is 2.24. The Bertz CT molecular complexity index is 565. The van der Waals surface area contributed by atoms with Crippen LogP contribution in [0.4, 0.5) is 11.4 Å². The third kappa shape index (κ3) is 3.70. The second kappa shape index (κ2) is 6.55. The quantitative estimate of drug-likeness (QED) is 0.665. The molecule has 0 spiro atoms. The molecular formula is C15H20N4O2. The number of nitrogens with zero attached hydrogens (tertiary/aromatic N) is 3. The lowest BCUT2D eigenvalue weighted by Gasteiger charge is -2.20. The molecule has 1 aliphatic heterocycles. The van der Waals surface area contributed by atoms with Crippen LogP contribution >= 0.6 is 0 Å². The normalized spacial score (nSPS) is 18.7. The van der Waals surface area contributed by atoms with Crippen LogP contribution < -0.4 is 5.32 Å². The predicted octanol–water partition coefficient (Wildman–Crippen LogP) is 2.61. The molecule has 0 aromatic heterocycles. The van der Waals surface area contributed by atoms with E-state index in [4.69, 9.17) is 5.26 Å². The standard InChI is InChI=1S/C15H20N4O2/c1-11(2)18-6-5-12(10-18)9-17-14-4-3-13(8-16)15(7-14)19(20)21/h3-4,7,11-12,17H,5-6,9-10H2,1-2H3. The summed E-state index contributed by atoms with van der Waals surface area (Å²) < 4.78 is 0. The molecule has 1 atom stereocenters. The highest BCUT2D eigenvalue weighted by molar-refractivity contribution is 5.59. The van der Waals surface area contributed by atoms with Crippen LogP contribution in [0.5, 0.6) is 0 Å². The monoisotopic (exact) mass is 288 g/mol. The van der Waals surface area contributed by atoms with Crippen molar-refractivity contribution in [1.82, 2.24) is 4.90 Å². The molecule has 1 unspecified atom stereocenters. The van der Waals surface area contributed by atoms with Gasteiger partial charge in [-0.15, -0.1) is 0 Å². The highest BCUT2D eigenvalue weighted by atomic mass is 16.6. The molecule has 0 saturated carbocycles. The zero-order valence-electron chi connectivity index (χ0n) is 12.4. The molecule has 21 heavy (non-hydrogen) atoms. The first kappa shape index (κ1) is 15.3. The van der Waals surface area contributed by atoms with Crippen LogP contribution in [0.1, 0.15) is 25.8 Å². The minimum atomic E-state index is -0.514. The summed E-state index contributed by atoms with van der Waals surface area (Å²) in [6, 6.07) is 7.06. The third-order valence-corrected chi connectivity index (χ3v) is 3.96. The molecule has 0 aliphatic carbocycles. The van der Waals surface area contributed by atoms with Crippen molar-refractivity contribution in [2.75, 3.05) is 25.0 Å². The van der Waals surface area contributed by atoms with Gasteiger partial charge in [-0.1, -0.05) is 0 Å². The fraction of sp³-hybridized carbons (Fsp3) is 0.533. The molecule has 1 aromatic rings. The Kier molecular flexibility index (Phi) is 4.76. The summed E-state index contributed by atoms with van der Waals surface area (Å²) in [5, 5.41) is 23.0. The van der Waals surface area contributed by atoms with E-state index >= 15 is 0 Å². The molecule has 1 aliphatic rings. The van der Waals surface area contributed by atoms with Crippen LogP contribution in [0.3, 0.4) is 0 Å². The minimum Gasteiger partial charge on any atom is -0.385 e. The lowest BCUT2D eigenvalue weighted by atomic mass is 10.1. The van der Waals surface area contributed by atoms with Crippen LogP contribution in [0.15, 0.2) is 18.2 Å². The number of nitro groups is 1. The van der Waals surface area contributed by atoms with Gasteiger partial charge in [0.15, 0.2) is 0 Å². The molecule has 0 amide bonds. The van der Waals surface area contributed by atoms with Gasteiger partial charge >= 0.3 is 0 Å². The van der Waals surface area contributed by atoms with Gasteiger partial charge < -0.3 is 10.2 Å². The largest absolute Gasteiger partial charge is 0.385 e. The average molecular weight is 288 g/mol. The summed E-state index contributed by atoms with van der Waals surface area (Å²) in [5.41, 5.74) is 0.652. The van der Waals surface area contributed by atoms with Crippen molar-refractivity contribution in [2.45, 2.75) is 26.3 Å². The van der Waals surface area contributed by atoms with Gasteiger partial charge in [-0.3, -0.25) is 10.1 Å². The maximum Gasteiger partial charge on any atom is 0.289 e. The highest BCUT2D eigenvalue weighted by Crippen LogP contribution is 2.24. The number of likely N-dealkylation sites (tertiary alicyclic amines) is 1. The number of hydrogen-bond acceptors (Lipinski definition) is 5. The van der Waals surface area contributed by atoms with E-state index in [9.17, 15) is 10.1 Å². The lowest BCUT2D eigenvalue weighted by Crippen LogP contribution is -2.29. The molecule has 112 valence electrons. The van der Waals surface area contributed by atoms with Gasteiger partial charge in [0.25, 0.3) is 5.69 Å². The van der Waals surface area contributed by atoms with Crippen LogP contribution in [-0.2, 0) is 0 Å². The molecule has 6 heteroatoms. The molecular weight excluding hydrogens is 268 g/mol. The Morgan fingerprint density at radius 2 is 2.33 bits per heavy atom. The van der Waals surface area contributed by atoms with E-state index in [1.54, 1.807) is 6.07 Å². The van der Waals surface area contributed by atoms with Gasteiger partial charge in [0.1, 0.15) is 11.6 Å². The Labute approximate surface area is 124 Å². The second-order valence-corrected chi connectivity index (χ2v) is 5.73. The van der Waals surface area contributed by atoms with E-state index in [1.165, 1.54) is 12.1 Å². The molecule has 1 saturated heterocycles. The number of nitriles is 1. The molecule has 1 aromatic carbocycles. The van der Waals surface area contributed by atoms with Gasteiger partial charge in [0.2, 0.25) is 0 Å². The summed E-state index contributed by atoms with van der Waals surface area (Å²) >= 11 is 0. The third-order valence-electron chi connectivity index (χ3n) is 3.96. The Morgan fingerprint density at radius 1 is 1.57 bits per heavy atom. The first-order valence-electron chi connectivity index (χ1n) is 7.17. The smallest absolute Gasteiger partial charge is 0.289 e. The average Bonchev–Trinajstić information content (AvgIpc) is 2.94. The van der Waals surface area contributed by atoms with Crippen LogP contribution in [0.25, 0.3) is 0 Å². The number of hydrogen-bond donors (Lipinski definition) is 1. The maximum atomic E-state index is 10.9. The van der Waals surface area contributed by atoms with Crippen molar-refractivity contribution in [2.24, 2.45) is 5.92 Å². The number of nitro benzene ring substituents is 1. The van der Waals surface area contributed by atoms with Crippen molar-refractivity contribution in [3.63, 3.8) is 0 Å². The Morgan fingerprint density at radius 3 is 2.90 bits per heavy atom. The summed E-state index contributed by atoms with van der Waals surface area (Å²) in [7, 11) is 0. The summed E-state index contributed by atoms with van der Waals surface area (Å²) in [5.74, 6) is 0.557. The predicted molar refractivity (Wildman–Crippen MR) is 81.1 cm³/mol. The zero-order chi connectivity index (χ0) is 15.4. The maximum absolute atomic E-state index is 10.9. The fourth-order valence-corrected chi connectivity index (χ4v) is 2.65. The lowest BCUT2D eigenvalue weighted by molar-refractivity contribution is -0.385. The number of nitrogens with one attached hydrogen (secondary N) is 1. The van der Waals surface area contributed by atoms with E-state index in [0.29, 0.717) is 17.6 Å². The van der Waals surface area contributed by atoms with Gasteiger partial charge in [-0.05, 0) is 44.9 Å². The van der Waals surface area contributed by atoms with E-state index in [0.717, 1.165) is 26.1 Å². The van der Waals surface area contributed by atoms with E-state index in [2.05, 4.69) is 24.1 Å².